The molecule has 1 saturated heterocycles. The maximum atomic E-state index is 9.15. The van der Waals surface area contributed by atoms with E-state index in [0.29, 0.717) is 6.54 Å². The van der Waals surface area contributed by atoms with Crippen molar-refractivity contribution in [3.63, 3.8) is 0 Å². The van der Waals surface area contributed by atoms with Crippen molar-refractivity contribution < 1.29 is 9.84 Å². The van der Waals surface area contributed by atoms with Crippen LogP contribution in [0, 0.1) is 0 Å². The summed E-state index contributed by atoms with van der Waals surface area (Å²) in [5.41, 5.74) is 1.46. The maximum Gasteiger partial charge on any atom is 0.208 e. The molecule has 2 rings (SSSR count). The minimum absolute atomic E-state index is 0.0404. The number of hydrogen-bond donors (Lipinski definition) is 1. The van der Waals surface area contributed by atoms with Gasteiger partial charge in [0.05, 0.1) is 18.3 Å². The van der Waals surface area contributed by atoms with Crippen LogP contribution in [0.1, 0.15) is 13.8 Å². The van der Waals surface area contributed by atoms with Crippen LogP contribution in [-0.4, -0.2) is 46.7 Å². The van der Waals surface area contributed by atoms with Crippen LogP contribution in [-0.2, 0) is 4.74 Å². The average molecular weight is 229 g/mol. The molecule has 1 aromatic heterocycles. The molecule has 0 radical (unpaired) electrons. The average Bonchev–Trinajstić information content (AvgIpc) is 2.68. The Kier molecular flexibility index (Phi) is 2.90. The SMILES string of the molecule is CC1(C)CN(c2nncs2)CC(CO)O1. The van der Waals surface area contributed by atoms with Gasteiger partial charge in [0.15, 0.2) is 0 Å². The number of nitrogens with zero attached hydrogens (tertiary/aromatic N) is 3. The molecule has 1 unspecified atom stereocenters. The van der Waals surface area contributed by atoms with E-state index in [1.54, 1.807) is 5.51 Å². The normalized spacial score (nSPS) is 25.5. The van der Waals surface area contributed by atoms with Crippen molar-refractivity contribution in [2.75, 3.05) is 24.6 Å². The molecule has 15 heavy (non-hydrogen) atoms. The summed E-state index contributed by atoms with van der Waals surface area (Å²) in [6, 6.07) is 0. The standard InChI is InChI=1S/C9H15N3O2S/c1-9(2)5-12(3-7(4-13)14-9)8-11-10-6-15-8/h6-7,13H,3-5H2,1-2H3. The molecule has 6 heteroatoms. The summed E-state index contributed by atoms with van der Waals surface area (Å²) in [4.78, 5) is 2.11. The number of aliphatic hydroxyl groups excluding tert-OH is 1. The van der Waals surface area contributed by atoms with Crippen molar-refractivity contribution in [2.24, 2.45) is 0 Å². The molecule has 2 heterocycles. The fourth-order valence-corrected chi connectivity index (χ4v) is 2.41. The maximum absolute atomic E-state index is 9.15. The Hall–Kier alpha value is -0.720. The molecule has 0 spiro atoms. The van der Waals surface area contributed by atoms with Gasteiger partial charge in [0.25, 0.3) is 0 Å². The number of rotatable bonds is 2. The van der Waals surface area contributed by atoms with E-state index in [4.69, 9.17) is 9.84 Å². The van der Waals surface area contributed by atoms with E-state index in [2.05, 4.69) is 15.1 Å². The zero-order chi connectivity index (χ0) is 10.9. The number of anilines is 1. The van der Waals surface area contributed by atoms with Crippen molar-refractivity contribution >= 4 is 16.5 Å². The minimum atomic E-state index is -0.253. The van der Waals surface area contributed by atoms with Crippen molar-refractivity contribution in [1.82, 2.24) is 10.2 Å². The van der Waals surface area contributed by atoms with E-state index in [9.17, 15) is 0 Å². The van der Waals surface area contributed by atoms with Crippen LogP contribution in [0.2, 0.25) is 0 Å². The van der Waals surface area contributed by atoms with Gasteiger partial charge in [0.1, 0.15) is 5.51 Å². The van der Waals surface area contributed by atoms with Crippen LogP contribution in [0.5, 0.6) is 0 Å². The Morgan fingerprint density at radius 2 is 2.53 bits per heavy atom. The summed E-state index contributed by atoms with van der Waals surface area (Å²) >= 11 is 1.51. The van der Waals surface area contributed by atoms with Crippen molar-refractivity contribution in [1.29, 1.82) is 0 Å². The first kappa shape index (κ1) is 10.8. The summed E-state index contributed by atoms with van der Waals surface area (Å²) in [6.07, 6.45) is -0.141. The molecule has 0 aromatic carbocycles. The summed E-state index contributed by atoms with van der Waals surface area (Å²) in [7, 11) is 0. The molecule has 84 valence electrons. The van der Waals surface area contributed by atoms with Gasteiger partial charge in [-0.25, -0.2) is 0 Å². The molecule has 1 atom stereocenters. The predicted octanol–water partition coefficient (Wildman–Crippen LogP) is 0.514. The van der Waals surface area contributed by atoms with Crippen LogP contribution in [0.4, 0.5) is 5.13 Å². The van der Waals surface area contributed by atoms with Crippen molar-refractivity contribution in [3.8, 4) is 0 Å². The quantitative estimate of drug-likeness (QED) is 0.801. The molecule has 1 N–H and O–H groups in total. The first-order valence-electron chi connectivity index (χ1n) is 4.90. The second-order valence-electron chi connectivity index (χ2n) is 4.28. The molecule has 1 aromatic rings. The highest BCUT2D eigenvalue weighted by molar-refractivity contribution is 7.13. The molecular weight excluding hydrogens is 214 g/mol. The van der Waals surface area contributed by atoms with E-state index in [-0.39, 0.29) is 18.3 Å². The summed E-state index contributed by atoms with van der Waals surface area (Å²) in [6.45, 7) is 5.53. The molecule has 0 amide bonds. The van der Waals surface area contributed by atoms with E-state index < -0.39 is 0 Å². The highest BCUT2D eigenvalue weighted by Crippen LogP contribution is 2.26. The number of morpholine rings is 1. The molecule has 1 aliphatic rings. The molecular formula is C9H15N3O2S. The first-order chi connectivity index (χ1) is 7.11. The second-order valence-corrected chi connectivity index (χ2v) is 5.10. The Balaban J connectivity index is 2.13. The van der Waals surface area contributed by atoms with E-state index in [1.807, 2.05) is 13.8 Å². The third-order valence-electron chi connectivity index (χ3n) is 2.30. The molecule has 5 nitrogen and oxygen atoms in total. The van der Waals surface area contributed by atoms with Crippen molar-refractivity contribution in [3.05, 3.63) is 5.51 Å². The molecule has 1 fully saturated rings. The summed E-state index contributed by atoms with van der Waals surface area (Å²) in [5, 5.41) is 17.9. The zero-order valence-corrected chi connectivity index (χ0v) is 9.70. The Morgan fingerprint density at radius 1 is 1.73 bits per heavy atom. The summed E-state index contributed by atoms with van der Waals surface area (Å²) < 4.78 is 5.72. The number of aliphatic hydroxyl groups is 1. The van der Waals surface area contributed by atoms with E-state index in [0.717, 1.165) is 11.7 Å². The van der Waals surface area contributed by atoms with Crippen LogP contribution < -0.4 is 4.90 Å². The number of ether oxygens (including phenoxy) is 1. The Morgan fingerprint density at radius 3 is 3.13 bits per heavy atom. The van der Waals surface area contributed by atoms with Gasteiger partial charge < -0.3 is 14.7 Å². The van der Waals surface area contributed by atoms with Gasteiger partial charge in [-0.15, -0.1) is 10.2 Å². The smallest absolute Gasteiger partial charge is 0.208 e. The molecule has 0 aliphatic carbocycles. The third-order valence-corrected chi connectivity index (χ3v) is 3.05. The highest BCUT2D eigenvalue weighted by Gasteiger charge is 2.34. The fourth-order valence-electron chi connectivity index (χ4n) is 1.84. The predicted molar refractivity (Wildman–Crippen MR) is 58.2 cm³/mol. The van der Waals surface area contributed by atoms with Gasteiger partial charge in [-0.3, -0.25) is 0 Å². The fraction of sp³-hybridized carbons (Fsp3) is 0.778. The third kappa shape index (κ3) is 2.45. The van der Waals surface area contributed by atoms with Gasteiger partial charge in [0, 0.05) is 13.1 Å². The minimum Gasteiger partial charge on any atom is -0.394 e. The van der Waals surface area contributed by atoms with Gasteiger partial charge in [-0.05, 0) is 13.8 Å². The van der Waals surface area contributed by atoms with Gasteiger partial charge >= 0.3 is 0 Å². The molecule has 0 bridgehead atoms. The summed E-state index contributed by atoms with van der Waals surface area (Å²) in [5.74, 6) is 0. The van der Waals surface area contributed by atoms with E-state index >= 15 is 0 Å². The lowest BCUT2D eigenvalue weighted by Crippen LogP contribution is -2.54. The van der Waals surface area contributed by atoms with Gasteiger partial charge in [-0.2, -0.15) is 0 Å². The van der Waals surface area contributed by atoms with Gasteiger partial charge in [0.2, 0.25) is 5.13 Å². The Labute approximate surface area is 92.7 Å². The Bertz CT molecular complexity index is 315. The monoisotopic (exact) mass is 229 g/mol. The van der Waals surface area contributed by atoms with Crippen LogP contribution in [0.25, 0.3) is 0 Å². The lowest BCUT2D eigenvalue weighted by Gasteiger charge is -2.41. The van der Waals surface area contributed by atoms with Crippen LogP contribution in [0.15, 0.2) is 5.51 Å². The number of hydrogen-bond acceptors (Lipinski definition) is 6. The topological polar surface area (TPSA) is 58.5 Å². The lowest BCUT2D eigenvalue weighted by molar-refractivity contribution is -0.101. The molecule has 0 saturated carbocycles. The van der Waals surface area contributed by atoms with E-state index in [1.165, 1.54) is 11.3 Å². The highest BCUT2D eigenvalue weighted by atomic mass is 32.1. The molecule has 1 aliphatic heterocycles. The van der Waals surface area contributed by atoms with Crippen LogP contribution >= 0.6 is 11.3 Å². The van der Waals surface area contributed by atoms with Crippen LogP contribution in [0.3, 0.4) is 0 Å². The second kappa shape index (κ2) is 4.03. The zero-order valence-electron chi connectivity index (χ0n) is 8.88. The van der Waals surface area contributed by atoms with Gasteiger partial charge in [-0.1, -0.05) is 11.3 Å². The number of aromatic nitrogens is 2. The lowest BCUT2D eigenvalue weighted by atomic mass is 10.1. The largest absolute Gasteiger partial charge is 0.394 e. The van der Waals surface area contributed by atoms with Crippen molar-refractivity contribution in [2.45, 2.75) is 25.6 Å². The first-order valence-corrected chi connectivity index (χ1v) is 5.78.